The van der Waals surface area contributed by atoms with Crippen LogP contribution in [0.25, 0.3) is 0 Å². The Bertz CT molecular complexity index is 412. The molecule has 1 amide bonds. The van der Waals surface area contributed by atoms with E-state index in [1.54, 1.807) is 7.05 Å². The highest BCUT2D eigenvalue weighted by Crippen LogP contribution is 2.25. The number of hydrogen-bond acceptors (Lipinski definition) is 5. The Kier molecular flexibility index (Phi) is 4.41. The summed E-state index contributed by atoms with van der Waals surface area (Å²) in [5, 5.41) is 6.54. The molecule has 0 atom stereocenters. The number of amides is 1. The first-order chi connectivity index (χ1) is 8.70. The van der Waals surface area contributed by atoms with Gasteiger partial charge in [0.05, 0.1) is 0 Å². The van der Waals surface area contributed by atoms with Gasteiger partial charge in [-0.3, -0.25) is 4.79 Å². The Hall–Kier alpha value is -1.30. The molecule has 0 aliphatic heterocycles. The zero-order chi connectivity index (χ0) is 13.0. The average Bonchev–Trinajstić information content (AvgIpc) is 2.78. The van der Waals surface area contributed by atoms with Crippen molar-refractivity contribution in [2.45, 2.75) is 32.1 Å². The van der Waals surface area contributed by atoms with Gasteiger partial charge in [0.25, 0.3) is 5.91 Å². The van der Waals surface area contributed by atoms with Gasteiger partial charge in [0.1, 0.15) is 10.7 Å². The molecule has 1 aliphatic rings. The molecule has 4 N–H and O–H groups in total. The third kappa shape index (κ3) is 3.13. The number of anilines is 2. The van der Waals surface area contributed by atoms with Gasteiger partial charge >= 0.3 is 0 Å². The smallest absolute Gasteiger partial charge is 0.265 e. The first kappa shape index (κ1) is 13.1. The van der Waals surface area contributed by atoms with Gasteiger partial charge in [0.15, 0.2) is 5.13 Å². The molecule has 0 spiro atoms. The van der Waals surface area contributed by atoms with Crippen LogP contribution in [0.4, 0.5) is 10.9 Å². The highest BCUT2D eigenvalue weighted by atomic mass is 32.1. The quantitative estimate of drug-likeness (QED) is 0.781. The molecule has 1 aromatic rings. The molecule has 1 aliphatic carbocycles. The Morgan fingerprint density at radius 3 is 2.78 bits per heavy atom. The van der Waals surface area contributed by atoms with Gasteiger partial charge in [0.2, 0.25) is 0 Å². The van der Waals surface area contributed by atoms with Crippen molar-refractivity contribution in [1.82, 2.24) is 10.3 Å². The third-order valence-electron chi connectivity index (χ3n) is 3.35. The van der Waals surface area contributed by atoms with Gasteiger partial charge in [-0.2, -0.15) is 0 Å². The molecule has 18 heavy (non-hydrogen) atoms. The molecule has 2 rings (SSSR count). The average molecular weight is 268 g/mol. The molecule has 0 bridgehead atoms. The maximum Gasteiger partial charge on any atom is 0.265 e. The number of hydrogen-bond donors (Lipinski definition) is 3. The number of aromatic nitrogens is 1. The normalized spacial score (nSPS) is 16.5. The molecule has 0 aromatic carbocycles. The van der Waals surface area contributed by atoms with Crippen molar-refractivity contribution in [3.05, 3.63) is 4.88 Å². The molecule has 1 heterocycles. The topological polar surface area (TPSA) is 80.0 Å². The summed E-state index contributed by atoms with van der Waals surface area (Å²) >= 11 is 1.29. The molecular weight excluding hydrogens is 248 g/mol. The van der Waals surface area contributed by atoms with Crippen molar-refractivity contribution in [3.8, 4) is 0 Å². The monoisotopic (exact) mass is 268 g/mol. The third-order valence-corrected chi connectivity index (χ3v) is 4.44. The zero-order valence-electron chi connectivity index (χ0n) is 10.7. The van der Waals surface area contributed by atoms with Crippen LogP contribution in [0.3, 0.4) is 0 Å². The standard InChI is InChI=1S/C12H20N4OS/c1-14-12-16-10(13)9(18-12)11(17)15-7-8-5-3-2-4-6-8/h8H,2-7,13H2,1H3,(H,14,16)(H,15,17). The predicted molar refractivity (Wildman–Crippen MR) is 75.0 cm³/mol. The number of nitrogens with one attached hydrogen (secondary N) is 2. The molecule has 0 unspecified atom stereocenters. The second-order valence-electron chi connectivity index (χ2n) is 4.70. The number of thiazole rings is 1. The number of nitrogen functional groups attached to an aromatic ring is 1. The fourth-order valence-corrected chi connectivity index (χ4v) is 3.06. The van der Waals surface area contributed by atoms with E-state index < -0.39 is 0 Å². The summed E-state index contributed by atoms with van der Waals surface area (Å²) in [6, 6.07) is 0. The Balaban J connectivity index is 1.88. The second-order valence-corrected chi connectivity index (χ2v) is 5.70. The summed E-state index contributed by atoms with van der Waals surface area (Å²) in [5.74, 6) is 0.836. The Morgan fingerprint density at radius 2 is 2.17 bits per heavy atom. The Morgan fingerprint density at radius 1 is 1.44 bits per heavy atom. The number of rotatable bonds is 4. The lowest BCUT2D eigenvalue weighted by Crippen LogP contribution is -2.30. The van der Waals surface area contributed by atoms with Gasteiger partial charge in [-0.05, 0) is 18.8 Å². The maximum atomic E-state index is 12.0. The molecule has 0 saturated heterocycles. The van der Waals surface area contributed by atoms with Crippen LogP contribution in [0.1, 0.15) is 41.8 Å². The van der Waals surface area contributed by atoms with Crippen LogP contribution in [0.5, 0.6) is 0 Å². The molecule has 5 nitrogen and oxygen atoms in total. The second kappa shape index (κ2) is 6.04. The minimum Gasteiger partial charge on any atom is -0.382 e. The number of nitrogens with two attached hydrogens (primary N) is 1. The highest BCUT2D eigenvalue weighted by molar-refractivity contribution is 7.18. The fraction of sp³-hybridized carbons (Fsp3) is 0.667. The molecule has 1 fully saturated rings. The number of nitrogens with zero attached hydrogens (tertiary/aromatic N) is 1. The molecule has 1 aromatic heterocycles. The van der Waals surface area contributed by atoms with E-state index in [0.29, 0.717) is 21.7 Å². The molecule has 1 saturated carbocycles. The van der Waals surface area contributed by atoms with Crippen LogP contribution in [0, 0.1) is 5.92 Å². The van der Waals surface area contributed by atoms with E-state index in [-0.39, 0.29) is 5.91 Å². The lowest BCUT2D eigenvalue weighted by Gasteiger charge is -2.21. The van der Waals surface area contributed by atoms with Crippen LogP contribution in [0.2, 0.25) is 0 Å². The number of carbonyl (C=O) groups excluding carboxylic acids is 1. The zero-order valence-corrected chi connectivity index (χ0v) is 11.5. The summed E-state index contributed by atoms with van der Waals surface area (Å²) < 4.78 is 0. The van der Waals surface area contributed by atoms with Gasteiger partial charge < -0.3 is 16.4 Å². The summed E-state index contributed by atoms with van der Waals surface area (Å²) in [4.78, 5) is 16.6. The van der Waals surface area contributed by atoms with E-state index in [9.17, 15) is 4.79 Å². The van der Waals surface area contributed by atoms with Crippen molar-refractivity contribution in [2.24, 2.45) is 5.92 Å². The van der Waals surface area contributed by atoms with E-state index in [1.165, 1.54) is 43.4 Å². The summed E-state index contributed by atoms with van der Waals surface area (Å²) in [7, 11) is 1.77. The first-order valence-corrected chi connectivity index (χ1v) is 7.24. The van der Waals surface area contributed by atoms with Crippen LogP contribution in [-0.2, 0) is 0 Å². The van der Waals surface area contributed by atoms with E-state index in [2.05, 4.69) is 15.6 Å². The predicted octanol–water partition coefficient (Wildman–Crippen LogP) is 2.08. The van der Waals surface area contributed by atoms with E-state index in [1.807, 2.05) is 0 Å². The van der Waals surface area contributed by atoms with Gasteiger partial charge in [-0.15, -0.1) is 0 Å². The van der Waals surface area contributed by atoms with Gasteiger partial charge in [0, 0.05) is 13.6 Å². The molecular formula is C12H20N4OS. The van der Waals surface area contributed by atoms with Crippen LogP contribution in [0.15, 0.2) is 0 Å². The van der Waals surface area contributed by atoms with E-state index in [4.69, 9.17) is 5.73 Å². The lowest BCUT2D eigenvalue weighted by molar-refractivity contribution is 0.0948. The Labute approximate surface area is 111 Å². The minimum atomic E-state index is -0.0999. The lowest BCUT2D eigenvalue weighted by atomic mass is 9.89. The molecule has 0 radical (unpaired) electrons. The largest absolute Gasteiger partial charge is 0.382 e. The van der Waals surface area contributed by atoms with Crippen molar-refractivity contribution >= 4 is 28.2 Å². The number of carbonyl (C=O) groups is 1. The van der Waals surface area contributed by atoms with Gasteiger partial charge in [-0.1, -0.05) is 30.6 Å². The van der Waals surface area contributed by atoms with Crippen molar-refractivity contribution in [1.29, 1.82) is 0 Å². The maximum absolute atomic E-state index is 12.0. The SMILES string of the molecule is CNc1nc(N)c(C(=O)NCC2CCCCC2)s1. The van der Waals surface area contributed by atoms with Crippen LogP contribution < -0.4 is 16.4 Å². The summed E-state index contributed by atoms with van der Waals surface area (Å²) in [6.45, 7) is 0.755. The van der Waals surface area contributed by atoms with Crippen molar-refractivity contribution in [2.75, 3.05) is 24.6 Å². The van der Waals surface area contributed by atoms with Crippen molar-refractivity contribution in [3.63, 3.8) is 0 Å². The first-order valence-electron chi connectivity index (χ1n) is 6.43. The summed E-state index contributed by atoms with van der Waals surface area (Å²) in [5.41, 5.74) is 5.73. The molecule has 6 heteroatoms. The highest BCUT2D eigenvalue weighted by Gasteiger charge is 2.18. The van der Waals surface area contributed by atoms with E-state index >= 15 is 0 Å². The van der Waals surface area contributed by atoms with Crippen molar-refractivity contribution < 1.29 is 4.79 Å². The summed E-state index contributed by atoms with van der Waals surface area (Å²) in [6.07, 6.45) is 6.35. The van der Waals surface area contributed by atoms with Gasteiger partial charge in [-0.25, -0.2) is 4.98 Å². The van der Waals surface area contributed by atoms with E-state index in [0.717, 1.165) is 6.54 Å². The minimum absolute atomic E-state index is 0.0999. The molecule has 100 valence electrons. The van der Waals surface area contributed by atoms with Crippen LogP contribution in [-0.4, -0.2) is 24.5 Å². The van der Waals surface area contributed by atoms with Crippen LogP contribution >= 0.6 is 11.3 Å². The fourth-order valence-electron chi connectivity index (χ4n) is 2.31.